The van der Waals surface area contributed by atoms with Crippen LogP contribution in [0.15, 0.2) is 66.0 Å². The molecule has 3 aromatic rings. The molecule has 1 aliphatic heterocycles. The summed E-state index contributed by atoms with van der Waals surface area (Å²) in [4.78, 5) is 40.1. The van der Waals surface area contributed by atoms with E-state index in [2.05, 4.69) is 15.5 Å². The topological polar surface area (TPSA) is 97.0 Å². The van der Waals surface area contributed by atoms with Crippen LogP contribution >= 0.6 is 11.3 Å². The highest BCUT2D eigenvalue weighted by atomic mass is 32.1. The van der Waals surface area contributed by atoms with Crippen molar-refractivity contribution in [2.75, 3.05) is 36.5 Å². The van der Waals surface area contributed by atoms with Crippen molar-refractivity contribution in [3.63, 3.8) is 0 Å². The number of hydrogen-bond acceptors (Lipinski definition) is 7. The normalized spacial score (nSPS) is 14.0. The van der Waals surface area contributed by atoms with Gasteiger partial charge >= 0.3 is 5.97 Å². The van der Waals surface area contributed by atoms with Crippen LogP contribution < -0.4 is 20.3 Å². The fourth-order valence-corrected chi connectivity index (χ4v) is 4.81. The highest BCUT2D eigenvalue weighted by Crippen LogP contribution is 2.27. The molecule has 1 aliphatic rings. The summed E-state index contributed by atoms with van der Waals surface area (Å²) >= 11 is 1.34. The fourth-order valence-electron chi connectivity index (χ4n) is 4.19. The predicted molar refractivity (Wildman–Crippen MR) is 149 cm³/mol. The van der Waals surface area contributed by atoms with Crippen molar-refractivity contribution in [2.45, 2.75) is 32.2 Å². The first-order chi connectivity index (χ1) is 18.0. The van der Waals surface area contributed by atoms with Crippen molar-refractivity contribution in [2.24, 2.45) is 0 Å². The lowest BCUT2D eigenvalue weighted by atomic mass is 10.0. The highest BCUT2D eigenvalue weighted by Gasteiger charge is 2.24. The Morgan fingerprint density at radius 2 is 1.81 bits per heavy atom. The molecular formula is C28H35N3O5S. The molecule has 8 nitrogen and oxygen atoms in total. The molecule has 0 saturated carbocycles. The Kier molecular flexibility index (Phi) is 9.29. The van der Waals surface area contributed by atoms with Crippen molar-refractivity contribution >= 4 is 40.5 Å². The largest absolute Gasteiger partial charge is 0.427 e. The Balaban J connectivity index is 0.00000267. The predicted octanol–water partition coefficient (Wildman–Crippen LogP) is 4.76. The summed E-state index contributed by atoms with van der Waals surface area (Å²) < 4.78 is 10.5. The molecule has 1 aromatic heterocycles. The van der Waals surface area contributed by atoms with E-state index in [0.717, 1.165) is 24.3 Å². The minimum absolute atomic E-state index is 0. The van der Waals surface area contributed by atoms with Gasteiger partial charge in [0.1, 0.15) is 11.8 Å². The number of nitrogens with one attached hydrogen (secondary N) is 2. The number of anilines is 2. The average molecular weight is 526 g/mol. The first-order valence-electron chi connectivity index (χ1n) is 12.3. The van der Waals surface area contributed by atoms with Crippen LogP contribution in [0.1, 0.15) is 37.9 Å². The molecule has 0 bridgehead atoms. The van der Waals surface area contributed by atoms with Crippen molar-refractivity contribution < 1.29 is 26.7 Å². The van der Waals surface area contributed by atoms with Crippen molar-refractivity contribution in [3.05, 3.63) is 76.5 Å². The number of carbonyl (C=O) groups excluding carboxylic acids is 3. The SMILES string of the molecule is CC(=O)Oc1ccc(CCCC(NC(=O)c2cccs2)C(=O)Nc2ccccc2N2CCOCC2)cc1.[HH].[HH]. The number of aryl methyl sites for hydroxylation is 1. The van der Waals surface area contributed by atoms with Gasteiger partial charge in [0, 0.05) is 22.9 Å². The molecule has 1 unspecified atom stereocenters. The van der Waals surface area contributed by atoms with Gasteiger partial charge < -0.3 is 25.0 Å². The number of benzene rings is 2. The van der Waals surface area contributed by atoms with E-state index in [1.54, 1.807) is 18.2 Å². The first-order valence-corrected chi connectivity index (χ1v) is 13.2. The molecule has 9 heteroatoms. The number of esters is 1. The van der Waals surface area contributed by atoms with E-state index in [9.17, 15) is 14.4 Å². The summed E-state index contributed by atoms with van der Waals surface area (Å²) in [7, 11) is 0. The number of nitrogens with zero attached hydrogens (tertiary/aromatic N) is 1. The molecule has 37 heavy (non-hydrogen) atoms. The molecule has 2 heterocycles. The van der Waals surface area contributed by atoms with Gasteiger partial charge in [-0.2, -0.15) is 0 Å². The third-order valence-corrected chi connectivity index (χ3v) is 6.89. The van der Waals surface area contributed by atoms with Crippen LogP contribution in [0.25, 0.3) is 0 Å². The van der Waals surface area contributed by atoms with Crippen LogP contribution in [-0.4, -0.2) is 50.1 Å². The zero-order valence-electron chi connectivity index (χ0n) is 20.8. The van der Waals surface area contributed by atoms with E-state index >= 15 is 0 Å². The third-order valence-electron chi connectivity index (χ3n) is 6.02. The van der Waals surface area contributed by atoms with Crippen LogP contribution in [0, 0.1) is 0 Å². The first kappa shape index (κ1) is 26.4. The zero-order chi connectivity index (χ0) is 26.0. The minimum Gasteiger partial charge on any atom is -0.427 e. The molecule has 2 amide bonds. The lowest BCUT2D eigenvalue weighted by Gasteiger charge is -2.31. The Hall–Kier alpha value is -3.69. The van der Waals surface area contributed by atoms with Crippen molar-refractivity contribution in [3.8, 4) is 5.75 Å². The fraction of sp³-hybridized carbons (Fsp3) is 0.321. The second-order valence-electron chi connectivity index (χ2n) is 8.74. The number of amides is 2. The molecular weight excluding hydrogens is 490 g/mol. The number of morpholine rings is 1. The summed E-state index contributed by atoms with van der Waals surface area (Å²) in [6.07, 6.45) is 1.86. The van der Waals surface area contributed by atoms with Gasteiger partial charge in [0.15, 0.2) is 0 Å². The summed E-state index contributed by atoms with van der Waals surface area (Å²) in [6, 6.07) is 17.9. The number of carbonyl (C=O) groups is 3. The third kappa shape index (κ3) is 7.65. The monoisotopic (exact) mass is 525 g/mol. The van der Waals surface area contributed by atoms with Crippen LogP contribution in [0.5, 0.6) is 5.75 Å². The number of hydrogen-bond donors (Lipinski definition) is 2. The van der Waals surface area contributed by atoms with Gasteiger partial charge in [0.2, 0.25) is 5.91 Å². The molecule has 0 radical (unpaired) electrons. The van der Waals surface area contributed by atoms with Gasteiger partial charge in [-0.3, -0.25) is 14.4 Å². The lowest BCUT2D eigenvalue weighted by Crippen LogP contribution is -2.44. The van der Waals surface area contributed by atoms with E-state index < -0.39 is 6.04 Å². The second kappa shape index (κ2) is 13.0. The standard InChI is InChI=1S/C28H31N3O5S.2H2/c1-20(32)36-22-13-11-21(12-14-22)6-4-8-24(30-28(34)26-10-5-19-37-26)27(33)29-23-7-2-3-9-25(23)31-15-17-35-18-16-31;;/h2-3,5,7,9-14,19,24H,4,6,8,15-18H2,1H3,(H,29,33)(H,30,34);2*1H. The summed E-state index contributed by atoms with van der Waals surface area (Å²) in [5.41, 5.74) is 2.71. The Bertz CT molecular complexity index is 1200. The highest BCUT2D eigenvalue weighted by molar-refractivity contribution is 7.12. The molecule has 1 saturated heterocycles. The van der Waals surface area contributed by atoms with Crippen molar-refractivity contribution in [1.82, 2.24) is 5.32 Å². The van der Waals surface area contributed by atoms with Crippen LogP contribution in [0.3, 0.4) is 0 Å². The van der Waals surface area contributed by atoms with E-state index in [0.29, 0.717) is 48.8 Å². The van der Waals surface area contributed by atoms with E-state index in [-0.39, 0.29) is 20.6 Å². The molecule has 198 valence electrons. The number of rotatable bonds is 10. The number of ether oxygens (including phenoxy) is 2. The molecule has 2 N–H and O–H groups in total. The minimum atomic E-state index is -0.701. The van der Waals surface area contributed by atoms with Crippen LogP contribution in [0.4, 0.5) is 11.4 Å². The van der Waals surface area contributed by atoms with Gasteiger partial charge in [-0.25, -0.2) is 0 Å². The Morgan fingerprint density at radius 3 is 2.51 bits per heavy atom. The molecule has 1 fully saturated rings. The van der Waals surface area contributed by atoms with Gasteiger partial charge in [-0.1, -0.05) is 30.3 Å². The van der Waals surface area contributed by atoms with Gasteiger partial charge in [-0.15, -0.1) is 11.3 Å². The van der Waals surface area contributed by atoms with Crippen LogP contribution in [0.2, 0.25) is 0 Å². The van der Waals surface area contributed by atoms with Gasteiger partial charge in [0.05, 0.1) is 29.5 Å². The zero-order valence-corrected chi connectivity index (χ0v) is 21.6. The number of thiophene rings is 1. The molecule has 0 aliphatic carbocycles. The molecule has 0 spiro atoms. The van der Waals surface area contributed by atoms with Gasteiger partial charge in [-0.05, 0) is 60.5 Å². The molecule has 1 atom stereocenters. The maximum Gasteiger partial charge on any atom is 0.308 e. The molecule has 2 aromatic carbocycles. The van der Waals surface area contributed by atoms with E-state index in [1.807, 2.05) is 47.8 Å². The second-order valence-corrected chi connectivity index (χ2v) is 9.69. The quantitative estimate of drug-likeness (QED) is 0.293. The number of para-hydroxylation sites is 2. The van der Waals surface area contributed by atoms with Gasteiger partial charge in [0.25, 0.3) is 5.91 Å². The maximum absolute atomic E-state index is 13.4. The molecule has 4 rings (SSSR count). The lowest BCUT2D eigenvalue weighted by molar-refractivity contribution is -0.131. The van der Waals surface area contributed by atoms with Crippen molar-refractivity contribution in [1.29, 1.82) is 0 Å². The smallest absolute Gasteiger partial charge is 0.308 e. The van der Waals surface area contributed by atoms with Crippen LogP contribution in [-0.2, 0) is 20.7 Å². The summed E-state index contributed by atoms with van der Waals surface area (Å²) in [5, 5.41) is 7.81. The Morgan fingerprint density at radius 1 is 1.05 bits per heavy atom. The summed E-state index contributed by atoms with van der Waals surface area (Å²) in [5.74, 6) is -0.382. The van der Waals surface area contributed by atoms with E-state index in [1.165, 1.54) is 18.3 Å². The summed E-state index contributed by atoms with van der Waals surface area (Å²) in [6.45, 7) is 4.15. The van der Waals surface area contributed by atoms with E-state index in [4.69, 9.17) is 9.47 Å². The Labute approximate surface area is 223 Å². The maximum atomic E-state index is 13.4. The average Bonchev–Trinajstić information content (AvgIpc) is 3.45.